The Morgan fingerprint density at radius 2 is 1.67 bits per heavy atom. The molecule has 0 spiro atoms. The van der Waals surface area contributed by atoms with E-state index in [-0.39, 0.29) is 24.8 Å². The summed E-state index contributed by atoms with van der Waals surface area (Å²) in [5, 5.41) is 2.78. The maximum atomic E-state index is 13.2. The molecule has 180 valence electrons. The second kappa shape index (κ2) is 11.8. The second-order valence-electron chi connectivity index (χ2n) is 8.30. The van der Waals surface area contributed by atoms with Crippen LogP contribution in [0.25, 0.3) is 0 Å². The van der Waals surface area contributed by atoms with Crippen molar-refractivity contribution in [2.24, 2.45) is 0 Å². The number of amides is 2. The number of hydrogen-bond acceptors (Lipinski definition) is 4. The lowest BCUT2D eigenvalue weighted by atomic mass is 10.1. The molecular weight excluding hydrogens is 438 g/mol. The highest BCUT2D eigenvalue weighted by atomic mass is 32.2. The van der Waals surface area contributed by atoms with Gasteiger partial charge in [0.05, 0.1) is 11.9 Å². The zero-order chi connectivity index (χ0) is 24.6. The Balaban J connectivity index is 2.15. The fraction of sp³-hybridized carbons (Fsp3) is 0.440. The molecule has 0 aromatic heterocycles. The minimum absolute atomic E-state index is 0.132. The minimum atomic E-state index is -3.50. The number of rotatable bonds is 11. The van der Waals surface area contributed by atoms with Crippen LogP contribution in [0, 0.1) is 13.8 Å². The molecule has 0 radical (unpaired) electrons. The van der Waals surface area contributed by atoms with E-state index >= 15 is 0 Å². The van der Waals surface area contributed by atoms with Crippen LogP contribution in [-0.2, 0) is 26.2 Å². The third-order valence-corrected chi connectivity index (χ3v) is 6.71. The van der Waals surface area contributed by atoms with Crippen molar-refractivity contribution < 1.29 is 18.0 Å². The average Bonchev–Trinajstić information content (AvgIpc) is 2.76. The van der Waals surface area contributed by atoms with Crippen molar-refractivity contribution >= 4 is 27.5 Å². The number of likely N-dealkylation sites (N-methyl/N-ethyl adjacent to an activating group) is 1. The van der Waals surface area contributed by atoms with Crippen molar-refractivity contribution in [2.45, 2.75) is 53.1 Å². The van der Waals surface area contributed by atoms with E-state index in [1.165, 1.54) is 10.6 Å². The van der Waals surface area contributed by atoms with E-state index in [1.807, 2.05) is 57.2 Å². The summed E-state index contributed by atoms with van der Waals surface area (Å²) in [4.78, 5) is 27.2. The molecule has 0 aliphatic heterocycles. The lowest BCUT2D eigenvalue weighted by molar-refractivity contribution is -0.140. The fourth-order valence-electron chi connectivity index (χ4n) is 3.62. The quantitative estimate of drug-likeness (QED) is 0.542. The summed E-state index contributed by atoms with van der Waals surface area (Å²) >= 11 is 0. The maximum Gasteiger partial charge on any atom is 0.242 e. The number of hydrogen-bond donors (Lipinski definition) is 1. The first-order valence-electron chi connectivity index (χ1n) is 11.2. The highest BCUT2D eigenvalue weighted by Gasteiger charge is 2.26. The lowest BCUT2D eigenvalue weighted by Gasteiger charge is -2.29. The molecule has 2 aromatic carbocycles. The molecule has 1 atom stereocenters. The summed E-state index contributed by atoms with van der Waals surface area (Å²) in [7, 11) is -3.50. The molecule has 1 N–H and O–H groups in total. The standard InChI is InChI=1S/C25H35N3O4S/c1-6-26-25(30)21(4)27(18-22-15-13-19(2)14-16-22)24(29)12-9-17-28(33(5,31)32)23-11-8-7-10-20(23)3/h7-8,10-11,13-16,21H,6,9,12,17-18H2,1-5H3,(H,26,30). The van der Waals surface area contributed by atoms with E-state index in [9.17, 15) is 18.0 Å². The Morgan fingerprint density at radius 1 is 1.03 bits per heavy atom. The number of sulfonamides is 1. The van der Waals surface area contributed by atoms with Crippen LogP contribution in [0.3, 0.4) is 0 Å². The molecule has 2 amide bonds. The van der Waals surface area contributed by atoms with Crippen LogP contribution in [0.4, 0.5) is 5.69 Å². The molecule has 0 bridgehead atoms. The van der Waals surface area contributed by atoms with E-state index in [2.05, 4.69) is 5.32 Å². The largest absolute Gasteiger partial charge is 0.355 e. The predicted octanol–water partition coefficient (Wildman–Crippen LogP) is 3.40. The monoisotopic (exact) mass is 473 g/mol. The predicted molar refractivity (Wildman–Crippen MR) is 132 cm³/mol. The van der Waals surface area contributed by atoms with Crippen LogP contribution >= 0.6 is 0 Å². The number of carbonyl (C=O) groups is 2. The van der Waals surface area contributed by atoms with Crippen LogP contribution in [0.1, 0.15) is 43.4 Å². The smallest absolute Gasteiger partial charge is 0.242 e. The van der Waals surface area contributed by atoms with Crippen molar-refractivity contribution in [2.75, 3.05) is 23.7 Å². The number of nitrogens with zero attached hydrogens (tertiary/aromatic N) is 2. The van der Waals surface area contributed by atoms with Gasteiger partial charge in [0.15, 0.2) is 0 Å². The molecule has 0 aliphatic rings. The van der Waals surface area contributed by atoms with Gasteiger partial charge < -0.3 is 10.2 Å². The van der Waals surface area contributed by atoms with Crippen molar-refractivity contribution in [1.29, 1.82) is 0 Å². The molecule has 33 heavy (non-hydrogen) atoms. The molecule has 8 heteroatoms. The Morgan fingerprint density at radius 3 is 2.24 bits per heavy atom. The Labute approximate surface area is 197 Å². The van der Waals surface area contributed by atoms with Crippen LogP contribution in [-0.4, -0.2) is 50.5 Å². The minimum Gasteiger partial charge on any atom is -0.355 e. The summed E-state index contributed by atoms with van der Waals surface area (Å²) in [5.41, 5.74) is 3.51. The summed E-state index contributed by atoms with van der Waals surface area (Å²) < 4.78 is 26.2. The Bertz CT molecular complexity index is 1050. The Hall–Kier alpha value is -2.87. The first-order valence-corrected chi connectivity index (χ1v) is 13.1. The van der Waals surface area contributed by atoms with Crippen LogP contribution < -0.4 is 9.62 Å². The molecule has 2 rings (SSSR count). The lowest BCUT2D eigenvalue weighted by Crippen LogP contribution is -2.47. The first kappa shape index (κ1) is 26.4. The van der Waals surface area contributed by atoms with Gasteiger partial charge in [-0.2, -0.15) is 0 Å². The van der Waals surface area contributed by atoms with Crippen LogP contribution in [0.5, 0.6) is 0 Å². The number of carbonyl (C=O) groups excluding carboxylic acids is 2. The highest BCUT2D eigenvalue weighted by Crippen LogP contribution is 2.23. The molecule has 1 unspecified atom stereocenters. The summed E-state index contributed by atoms with van der Waals surface area (Å²) in [6, 6.07) is 14.5. The normalized spacial score (nSPS) is 12.2. The topological polar surface area (TPSA) is 86.8 Å². The van der Waals surface area contributed by atoms with Crippen molar-refractivity contribution in [3.05, 3.63) is 65.2 Å². The van der Waals surface area contributed by atoms with Gasteiger partial charge >= 0.3 is 0 Å². The van der Waals surface area contributed by atoms with Crippen molar-refractivity contribution in [1.82, 2.24) is 10.2 Å². The van der Waals surface area contributed by atoms with Gasteiger partial charge in [-0.1, -0.05) is 48.0 Å². The van der Waals surface area contributed by atoms with Crippen molar-refractivity contribution in [3.8, 4) is 0 Å². The summed E-state index contributed by atoms with van der Waals surface area (Å²) in [6.07, 6.45) is 1.64. The summed E-state index contributed by atoms with van der Waals surface area (Å²) in [6.45, 7) is 8.38. The third kappa shape index (κ3) is 7.60. The average molecular weight is 474 g/mol. The van der Waals surface area contributed by atoms with Gasteiger partial charge in [-0.15, -0.1) is 0 Å². The van der Waals surface area contributed by atoms with Gasteiger partial charge in [-0.3, -0.25) is 13.9 Å². The zero-order valence-corrected chi connectivity index (χ0v) is 21.0. The number of nitrogens with one attached hydrogen (secondary N) is 1. The van der Waals surface area contributed by atoms with E-state index in [0.29, 0.717) is 25.2 Å². The molecule has 0 aliphatic carbocycles. The van der Waals surface area contributed by atoms with Crippen LogP contribution in [0.2, 0.25) is 0 Å². The third-order valence-electron chi connectivity index (χ3n) is 5.53. The summed E-state index contributed by atoms with van der Waals surface area (Å²) in [5.74, 6) is -0.400. The van der Waals surface area contributed by atoms with E-state index in [0.717, 1.165) is 16.7 Å². The van der Waals surface area contributed by atoms with Gasteiger partial charge in [0, 0.05) is 26.1 Å². The van der Waals surface area contributed by atoms with E-state index in [4.69, 9.17) is 0 Å². The van der Waals surface area contributed by atoms with Gasteiger partial charge in [0.25, 0.3) is 0 Å². The number of aryl methyl sites for hydroxylation is 2. The maximum absolute atomic E-state index is 13.2. The Kier molecular flexibility index (Phi) is 9.46. The molecule has 7 nitrogen and oxygen atoms in total. The number of anilines is 1. The number of para-hydroxylation sites is 1. The first-order chi connectivity index (χ1) is 15.5. The second-order valence-corrected chi connectivity index (χ2v) is 10.2. The molecule has 2 aromatic rings. The van der Waals surface area contributed by atoms with Gasteiger partial charge in [0.2, 0.25) is 21.8 Å². The van der Waals surface area contributed by atoms with E-state index < -0.39 is 16.1 Å². The molecule has 0 fully saturated rings. The van der Waals surface area contributed by atoms with Gasteiger partial charge in [-0.05, 0) is 51.3 Å². The highest BCUT2D eigenvalue weighted by molar-refractivity contribution is 7.92. The molecule has 0 saturated carbocycles. The fourth-order valence-corrected chi connectivity index (χ4v) is 4.64. The zero-order valence-electron chi connectivity index (χ0n) is 20.2. The van der Waals surface area contributed by atoms with E-state index in [1.54, 1.807) is 24.0 Å². The molecule has 0 heterocycles. The van der Waals surface area contributed by atoms with Crippen molar-refractivity contribution in [3.63, 3.8) is 0 Å². The van der Waals surface area contributed by atoms with Gasteiger partial charge in [0.1, 0.15) is 6.04 Å². The van der Waals surface area contributed by atoms with Gasteiger partial charge in [-0.25, -0.2) is 8.42 Å². The number of benzene rings is 2. The molecule has 0 saturated heterocycles. The molecular formula is C25H35N3O4S. The van der Waals surface area contributed by atoms with Crippen LogP contribution in [0.15, 0.2) is 48.5 Å². The SMILES string of the molecule is CCNC(=O)C(C)N(Cc1ccc(C)cc1)C(=O)CCCN(c1ccccc1C)S(C)(=O)=O.